The van der Waals surface area contributed by atoms with Crippen LogP contribution in [0.3, 0.4) is 0 Å². The van der Waals surface area contributed by atoms with Crippen LogP contribution < -0.4 is 14.8 Å². The van der Waals surface area contributed by atoms with Gasteiger partial charge in [-0.3, -0.25) is 0 Å². The Morgan fingerprint density at radius 2 is 2.21 bits per heavy atom. The van der Waals surface area contributed by atoms with Gasteiger partial charge in [-0.1, -0.05) is 0 Å². The van der Waals surface area contributed by atoms with E-state index in [0.29, 0.717) is 13.1 Å². The summed E-state index contributed by atoms with van der Waals surface area (Å²) in [5, 5.41) is 13.0. The fourth-order valence-corrected chi connectivity index (χ4v) is 2.33. The maximum absolute atomic E-state index is 9.71. The minimum atomic E-state index is -0.712. The van der Waals surface area contributed by atoms with Gasteiger partial charge < -0.3 is 19.9 Å². The van der Waals surface area contributed by atoms with Crippen LogP contribution in [0, 0.1) is 0 Å². The van der Waals surface area contributed by atoms with Crippen molar-refractivity contribution >= 4 is 0 Å². The van der Waals surface area contributed by atoms with Crippen molar-refractivity contribution in [2.75, 3.05) is 13.7 Å². The number of benzene rings is 1. The molecule has 0 aliphatic carbocycles. The molecule has 1 unspecified atom stereocenters. The summed E-state index contributed by atoms with van der Waals surface area (Å²) in [7, 11) is 1.68. The molecule has 0 spiro atoms. The zero-order valence-electron chi connectivity index (χ0n) is 12.1. The third-order valence-electron chi connectivity index (χ3n) is 3.15. The lowest BCUT2D eigenvalue weighted by Gasteiger charge is -2.18. The van der Waals surface area contributed by atoms with E-state index in [1.54, 1.807) is 21.0 Å². The highest BCUT2D eigenvalue weighted by Gasteiger charge is 2.23. The molecule has 1 aliphatic rings. The van der Waals surface area contributed by atoms with E-state index in [0.717, 1.165) is 23.5 Å². The molecule has 1 aliphatic heterocycles. The number of methoxy groups -OCH3 is 1. The van der Waals surface area contributed by atoms with E-state index in [1.807, 2.05) is 12.1 Å². The van der Waals surface area contributed by atoms with Gasteiger partial charge in [-0.05, 0) is 32.9 Å². The van der Waals surface area contributed by atoms with Gasteiger partial charge in [0.25, 0.3) is 0 Å². The lowest BCUT2D eigenvalue weighted by Crippen LogP contribution is -2.34. The van der Waals surface area contributed by atoms with Crippen molar-refractivity contribution in [3.8, 4) is 11.5 Å². The number of nitrogens with one attached hydrogen (secondary N) is 1. The molecule has 0 saturated heterocycles. The Hall–Kier alpha value is -1.26. The molecule has 1 atom stereocenters. The average molecular weight is 265 g/mol. The predicted molar refractivity (Wildman–Crippen MR) is 74.8 cm³/mol. The molecule has 106 valence electrons. The van der Waals surface area contributed by atoms with Crippen molar-refractivity contribution in [3.63, 3.8) is 0 Å². The van der Waals surface area contributed by atoms with E-state index in [4.69, 9.17) is 9.47 Å². The third kappa shape index (κ3) is 3.61. The number of rotatable bonds is 5. The van der Waals surface area contributed by atoms with E-state index in [2.05, 4.69) is 12.2 Å². The van der Waals surface area contributed by atoms with Crippen molar-refractivity contribution in [2.45, 2.75) is 45.4 Å². The molecule has 0 fully saturated rings. The van der Waals surface area contributed by atoms with Crippen LogP contribution in [0.25, 0.3) is 0 Å². The molecule has 0 bridgehead atoms. The standard InChI is InChI=1S/C15H23NO3/c1-10-5-11-6-13(18-4)7-12(14(11)19-10)8-16-9-15(2,3)17/h6-7,10,16-17H,5,8-9H2,1-4H3. The predicted octanol–water partition coefficient (Wildman–Crippen LogP) is 1.88. The molecule has 0 amide bonds. The SMILES string of the molecule is COc1cc(CNCC(C)(C)O)c2c(c1)CC(C)O2. The smallest absolute Gasteiger partial charge is 0.127 e. The van der Waals surface area contributed by atoms with E-state index >= 15 is 0 Å². The first-order valence-electron chi connectivity index (χ1n) is 6.68. The minimum absolute atomic E-state index is 0.218. The Morgan fingerprint density at radius 1 is 1.47 bits per heavy atom. The van der Waals surface area contributed by atoms with Gasteiger partial charge in [0.2, 0.25) is 0 Å². The molecule has 2 rings (SSSR count). The number of hydrogen-bond acceptors (Lipinski definition) is 4. The average Bonchev–Trinajstić information content (AvgIpc) is 2.67. The fraction of sp³-hybridized carbons (Fsp3) is 0.600. The van der Waals surface area contributed by atoms with E-state index in [9.17, 15) is 5.11 Å². The third-order valence-corrected chi connectivity index (χ3v) is 3.15. The second-order valence-electron chi connectivity index (χ2n) is 5.82. The molecule has 4 heteroatoms. The second kappa shape index (κ2) is 5.39. The summed E-state index contributed by atoms with van der Waals surface area (Å²) in [6.45, 7) is 6.84. The summed E-state index contributed by atoms with van der Waals surface area (Å²) < 4.78 is 11.2. The second-order valence-corrected chi connectivity index (χ2v) is 5.82. The zero-order chi connectivity index (χ0) is 14.0. The number of ether oxygens (including phenoxy) is 2. The van der Waals surface area contributed by atoms with Crippen LogP contribution in [0.1, 0.15) is 31.9 Å². The largest absolute Gasteiger partial charge is 0.497 e. The van der Waals surface area contributed by atoms with Gasteiger partial charge in [-0.2, -0.15) is 0 Å². The van der Waals surface area contributed by atoms with Crippen molar-refractivity contribution in [3.05, 3.63) is 23.3 Å². The van der Waals surface area contributed by atoms with E-state index in [1.165, 1.54) is 5.56 Å². The highest BCUT2D eigenvalue weighted by molar-refractivity contribution is 5.49. The maximum atomic E-state index is 9.71. The van der Waals surface area contributed by atoms with Crippen LogP contribution in [-0.4, -0.2) is 30.5 Å². The summed E-state index contributed by atoms with van der Waals surface area (Å²) in [6, 6.07) is 4.03. The van der Waals surface area contributed by atoms with Crippen LogP contribution in [0.4, 0.5) is 0 Å². The normalized spacial score (nSPS) is 18.1. The summed E-state index contributed by atoms with van der Waals surface area (Å²) in [5.74, 6) is 1.83. The highest BCUT2D eigenvalue weighted by atomic mass is 16.5. The lowest BCUT2D eigenvalue weighted by molar-refractivity contribution is 0.0794. The van der Waals surface area contributed by atoms with Crippen LogP contribution in [0.15, 0.2) is 12.1 Å². The van der Waals surface area contributed by atoms with E-state index < -0.39 is 5.60 Å². The molecular formula is C15H23NO3. The van der Waals surface area contributed by atoms with Crippen LogP contribution in [-0.2, 0) is 13.0 Å². The summed E-state index contributed by atoms with van der Waals surface area (Å²) in [5.41, 5.74) is 1.57. The van der Waals surface area contributed by atoms with Gasteiger partial charge in [0.15, 0.2) is 0 Å². The van der Waals surface area contributed by atoms with Crippen LogP contribution in [0.2, 0.25) is 0 Å². The van der Waals surface area contributed by atoms with Crippen molar-refractivity contribution in [1.82, 2.24) is 5.32 Å². The Kier molecular flexibility index (Phi) is 4.02. The first-order chi connectivity index (χ1) is 8.89. The number of fused-ring (bicyclic) bond motifs is 1. The highest BCUT2D eigenvalue weighted by Crippen LogP contribution is 2.36. The molecule has 0 saturated carbocycles. The molecule has 19 heavy (non-hydrogen) atoms. The minimum Gasteiger partial charge on any atom is -0.497 e. The van der Waals surface area contributed by atoms with Gasteiger partial charge in [0.05, 0.1) is 12.7 Å². The van der Waals surface area contributed by atoms with Gasteiger partial charge in [0.1, 0.15) is 17.6 Å². The van der Waals surface area contributed by atoms with Crippen LogP contribution in [0.5, 0.6) is 11.5 Å². The Balaban J connectivity index is 2.13. The molecule has 1 aromatic rings. The Bertz CT molecular complexity index is 451. The van der Waals surface area contributed by atoms with Gasteiger partial charge >= 0.3 is 0 Å². The van der Waals surface area contributed by atoms with Gasteiger partial charge in [0, 0.05) is 30.6 Å². The molecular weight excluding hydrogens is 242 g/mol. The fourth-order valence-electron chi connectivity index (χ4n) is 2.33. The lowest BCUT2D eigenvalue weighted by atomic mass is 10.1. The summed E-state index contributed by atoms with van der Waals surface area (Å²) >= 11 is 0. The molecule has 0 aromatic heterocycles. The van der Waals surface area contributed by atoms with Gasteiger partial charge in [-0.25, -0.2) is 0 Å². The maximum Gasteiger partial charge on any atom is 0.127 e. The van der Waals surface area contributed by atoms with Crippen LogP contribution >= 0.6 is 0 Å². The van der Waals surface area contributed by atoms with Crippen molar-refractivity contribution in [1.29, 1.82) is 0 Å². The topological polar surface area (TPSA) is 50.7 Å². The quantitative estimate of drug-likeness (QED) is 0.853. The molecule has 4 nitrogen and oxygen atoms in total. The van der Waals surface area contributed by atoms with Gasteiger partial charge in [-0.15, -0.1) is 0 Å². The van der Waals surface area contributed by atoms with E-state index in [-0.39, 0.29) is 6.10 Å². The van der Waals surface area contributed by atoms with Crippen molar-refractivity contribution < 1.29 is 14.6 Å². The molecule has 2 N–H and O–H groups in total. The number of hydrogen-bond donors (Lipinski definition) is 2. The zero-order valence-corrected chi connectivity index (χ0v) is 12.1. The molecule has 1 aromatic carbocycles. The van der Waals surface area contributed by atoms with Crippen molar-refractivity contribution in [2.24, 2.45) is 0 Å². The Morgan fingerprint density at radius 3 is 2.84 bits per heavy atom. The first kappa shape index (κ1) is 14.2. The monoisotopic (exact) mass is 265 g/mol. The molecule has 0 radical (unpaired) electrons. The summed E-state index contributed by atoms with van der Waals surface area (Å²) in [4.78, 5) is 0. The number of aliphatic hydroxyl groups is 1. The molecule has 1 heterocycles. The first-order valence-corrected chi connectivity index (χ1v) is 6.68. The summed E-state index contributed by atoms with van der Waals surface area (Å²) in [6.07, 6.45) is 1.14. The Labute approximate surface area is 114 Å².